The third-order valence-corrected chi connectivity index (χ3v) is 6.12. The van der Waals surface area contributed by atoms with Crippen molar-refractivity contribution in [1.82, 2.24) is 0 Å². The lowest BCUT2D eigenvalue weighted by atomic mass is 9.78. The predicted molar refractivity (Wildman–Crippen MR) is 104 cm³/mol. The molecule has 3 rings (SSSR count). The van der Waals surface area contributed by atoms with Crippen LogP contribution in [0, 0.1) is 17.6 Å². The van der Waals surface area contributed by atoms with E-state index in [9.17, 15) is 13.2 Å². The summed E-state index contributed by atoms with van der Waals surface area (Å²) in [5.74, 6) is -1.25. The Morgan fingerprint density at radius 3 is 2.39 bits per heavy atom. The number of alkyl halides is 1. The van der Waals surface area contributed by atoms with Crippen molar-refractivity contribution in [2.24, 2.45) is 5.92 Å². The van der Waals surface area contributed by atoms with Gasteiger partial charge in [-0.2, -0.15) is 0 Å². The zero-order chi connectivity index (χ0) is 20.1. The zero-order valence-corrected chi connectivity index (χ0v) is 16.7. The number of hydrogen-bond acceptors (Lipinski definition) is 2. The largest absolute Gasteiger partial charge is 0.349 e. The third-order valence-electron chi connectivity index (χ3n) is 6.12. The normalized spacial score (nSPS) is 30.9. The van der Waals surface area contributed by atoms with Gasteiger partial charge in [0.15, 0.2) is 23.6 Å². The minimum absolute atomic E-state index is 0.00292. The number of benzene rings is 1. The van der Waals surface area contributed by atoms with E-state index in [2.05, 4.69) is 6.58 Å². The van der Waals surface area contributed by atoms with Gasteiger partial charge in [0.05, 0.1) is 13.2 Å². The summed E-state index contributed by atoms with van der Waals surface area (Å²) in [6, 6.07) is 3.43. The number of hydrogen-bond donors (Lipinski definition) is 0. The van der Waals surface area contributed by atoms with Gasteiger partial charge >= 0.3 is 0 Å². The highest BCUT2D eigenvalue weighted by Gasteiger charge is 2.40. The van der Waals surface area contributed by atoms with Crippen molar-refractivity contribution >= 4 is 0 Å². The van der Waals surface area contributed by atoms with Crippen molar-refractivity contribution in [1.29, 1.82) is 0 Å². The van der Waals surface area contributed by atoms with E-state index in [1.807, 2.05) is 6.92 Å². The van der Waals surface area contributed by atoms with E-state index >= 15 is 0 Å². The Morgan fingerprint density at radius 2 is 1.79 bits per heavy atom. The second-order valence-electron chi connectivity index (χ2n) is 8.27. The molecular weight excluding hydrogens is 365 g/mol. The number of aryl methyl sites for hydroxylation is 1. The molecule has 0 bridgehead atoms. The fraction of sp³-hybridized carbons (Fsp3) is 0.652. The van der Waals surface area contributed by atoms with Crippen LogP contribution in [0.2, 0.25) is 0 Å². The predicted octanol–water partition coefficient (Wildman–Crippen LogP) is 6.24. The van der Waals surface area contributed by atoms with E-state index in [0.29, 0.717) is 30.4 Å². The molecule has 0 unspecified atom stereocenters. The van der Waals surface area contributed by atoms with Crippen LogP contribution in [0.4, 0.5) is 13.2 Å². The quantitative estimate of drug-likeness (QED) is 0.508. The fourth-order valence-corrected chi connectivity index (χ4v) is 4.49. The van der Waals surface area contributed by atoms with E-state index in [1.165, 1.54) is 0 Å². The highest BCUT2D eigenvalue weighted by Crippen LogP contribution is 2.41. The summed E-state index contributed by atoms with van der Waals surface area (Å²) in [5, 5.41) is 0. The number of ether oxygens (including phenoxy) is 2. The van der Waals surface area contributed by atoms with E-state index in [4.69, 9.17) is 9.47 Å². The Kier molecular flexibility index (Phi) is 7.21. The Hall–Kier alpha value is -1.33. The first-order valence-corrected chi connectivity index (χ1v) is 10.5. The van der Waals surface area contributed by atoms with Crippen LogP contribution >= 0.6 is 0 Å². The molecule has 2 nitrogen and oxygen atoms in total. The maximum absolute atomic E-state index is 14.6. The fourth-order valence-electron chi connectivity index (χ4n) is 4.49. The van der Waals surface area contributed by atoms with Crippen LogP contribution in [0.25, 0.3) is 0 Å². The molecule has 1 aromatic carbocycles. The first kappa shape index (κ1) is 21.4. The number of halogens is 3. The monoisotopic (exact) mass is 396 g/mol. The molecule has 2 fully saturated rings. The zero-order valence-electron chi connectivity index (χ0n) is 16.7. The first-order chi connectivity index (χ1) is 13.5. The molecule has 1 saturated carbocycles. The van der Waals surface area contributed by atoms with E-state index < -0.39 is 17.3 Å². The molecular formula is C23H31F3O2. The molecule has 1 saturated heterocycles. The third kappa shape index (κ3) is 4.80. The average Bonchev–Trinajstić information content (AvgIpc) is 2.70. The van der Waals surface area contributed by atoms with E-state index in [0.717, 1.165) is 32.1 Å². The van der Waals surface area contributed by atoms with Crippen LogP contribution < -0.4 is 0 Å². The van der Waals surface area contributed by atoms with Crippen LogP contribution in [0.15, 0.2) is 24.8 Å². The van der Waals surface area contributed by atoms with Gasteiger partial charge in [-0.25, -0.2) is 13.2 Å². The SMILES string of the molecule is C=CCCc1ccc(C2CCC(C3OCC(F)(CCC)CO3)CC2)c(F)c1F. The molecule has 0 amide bonds. The molecule has 2 aliphatic rings. The minimum Gasteiger partial charge on any atom is -0.349 e. The lowest BCUT2D eigenvalue weighted by molar-refractivity contribution is -0.257. The van der Waals surface area contributed by atoms with Gasteiger partial charge in [-0.05, 0) is 62.0 Å². The molecule has 1 aromatic rings. The van der Waals surface area contributed by atoms with Crippen molar-refractivity contribution in [2.45, 2.75) is 76.2 Å². The second-order valence-corrected chi connectivity index (χ2v) is 8.27. The molecule has 0 aromatic heterocycles. The standard InChI is InChI=1S/C23H31F3O2/c1-3-5-6-17-11-12-19(21(25)20(17)24)16-7-9-18(10-8-16)22-27-14-23(26,13-4-2)15-28-22/h3,11-12,16,18,22H,1,4-10,13-15H2,2H3. The van der Waals surface area contributed by atoms with Gasteiger partial charge in [0.1, 0.15) is 0 Å². The topological polar surface area (TPSA) is 18.5 Å². The maximum atomic E-state index is 14.6. The molecule has 0 N–H and O–H groups in total. The molecule has 1 aliphatic carbocycles. The van der Waals surface area contributed by atoms with Crippen LogP contribution in [0.5, 0.6) is 0 Å². The molecule has 0 atom stereocenters. The Balaban J connectivity index is 1.56. The highest BCUT2D eigenvalue weighted by molar-refractivity contribution is 5.29. The van der Waals surface area contributed by atoms with Crippen molar-refractivity contribution in [3.63, 3.8) is 0 Å². The lowest BCUT2D eigenvalue weighted by Gasteiger charge is -2.40. The van der Waals surface area contributed by atoms with Crippen LogP contribution in [0.3, 0.4) is 0 Å². The molecule has 0 spiro atoms. The summed E-state index contributed by atoms with van der Waals surface area (Å²) >= 11 is 0. The summed E-state index contributed by atoms with van der Waals surface area (Å²) < 4.78 is 54.8. The molecule has 0 radical (unpaired) electrons. The summed E-state index contributed by atoms with van der Waals surface area (Å²) in [5.41, 5.74) is -0.508. The van der Waals surface area contributed by atoms with Crippen LogP contribution in [0.1, 0.15) is 68.9 Å². The van der Waals surface area contributed by atoms with E-state index in [-0.39, 0.29) is 31.3 Å². The lowest BCUT2D eigenvalue weighted by Crippen LogP contribution is -2.46. The Bertz CT molecular complexity index is 660. The van der Waals surface area contributed by atoms with Gasteiger partial charge in [0.2, 0.25) is 0 Å². The van der Waals surface area contributed by atoms with Gasteiger partial charge in [-0.3, -0.25) is 0 Å². The van der Waals surface area contributed by atoms with Gasteiger partial charge in [0, 0.05) is 5.92 Å². The molecule has 5 heteroatoms. The summed E-state index contributed by atoms with van der Waals surface area (Å²) in [4.78, 5) is 0. The Morgan fingerprint density at radius 1 is 1.11 bits per heavy atom. The summed E-state index contributed by atoms with van der Waals surface area (Å²) in [6.07, 6.45) is 6.74. The van der Waals surface area contributed by atoms with Gasteiger partial charge in [-0.15, -0.1) is 6.58 Å². The molecule has 156 valence electrons. The smallest absolute Gasteiger partial charge is 0.162 e. The average molecular weight is 396 g/mol. The van der Waals surface area contributed by atoms with Crippen molar-refractivity contribution in [3.05, 3.63) is 47.5 Å². The van der Waals surface area contributed by atoms with Gasteiger partial charge in [0.25, 0.3) is 0 Å². The molecule has 1 heterocycles. The highest BCUT2D eigenvalue weighted by atomic mass is 19.2. The van der Waals surface area contributed by atoms with Crippen molar-refractivity contribution in [2.75, 3.05) is 13.2 Å². The summed E-state index contributed by atoms with van der Waals surface area (Å²) in [7, 11) is 0. The number of rotatable bonds is 7. The van der Waals surface area contributed by atoms with Gasteiger partial charge in [-0.1, -0.05) is 31.6 Å². The minimum atomic E-state index is -1.38. The molecule has 28 heavy (non-hydrogen) atoms. The second kappa shape index (κ2) is 9.45. The van der Waals surface area contributed by atoms with E-state index in [1.54, 1.807) is 18.2 Å². The Labute approximate surface area is 166 Å². The van der Waals surface area contributed by atoms with Crippen molar-refractivity contribution in [3.8, 4) is 0 Å². The van der Waals surface area contributed by atoms with Crippen LogP contribution in [-0.4, -0.2) is 25.2 Å². The summed E-state index contributed by atoms with van der Waals surface area (Å²) in [6.45, 7) is 5.73. The first-order valence-electron chi connectivity index (χ1n) is 10.5. The van der Waals surface area contributed by atoms with Gasteiger partial charge < -0.3 is 9.47 Å². The molecule has 1 aliphatic heterocycles. The number of allylic oxidation sites excluding steroid dienone is 1. The van der Waals surface area contributed by atoms with Crippen molar-refractivity contribution < 1.29 is 22.6 Å². The van der Waals surface area contributed by atoms with Crippen LogP contribution in [-0.2, 0) is 15.9 Å². The maximum Gasteiger partial charge on any atom is 0.162 e.